The number of rotatable bonds is 4. The van der Waals surface area contributed by atoms with Crippen molar-refractivity contribution in [2.75, 3.05) is 46.4 Å². The Morgan fingerprint density at radius 1 is 1.15 bits per heavy atom. The molecule has 3 amide bonds. The minimum atomic E-state index is -0.940. The molecule has 0 aromatic heterocycles. The van der Waals surface area contributed by atoms with Gasteiger partial charge >= 0.3 is 18.1 Å². The van der Waals surface area contributed by atoms with Gasteiger partial charge in [-0.25, -0.2) is 9.59 Å². The molecule has 0 radical (unpaired) electrons. The maximum Gasteiger partial charge on any atom is 0.407 e. The normalized spacial score (nSPS) is 29.5. The summed E-state index contributed by atoms with van der Waals surface area (Å²) < 4.78 is 4.95. The van der Waals surface area contributed by atoms with Crippen LogP contribution in [-0.2, 0) is 9.53 Å². The zero-order chi connectivity index (χ0) is 19.0. The van der Waals surface area contributed by atoms with Crippen LogP contribution in [0.1, 0.15) is 20.3 Å². The molecule has 0 spiro atoms. The number of amides is 3. The summed E-state index contributed by atoms with van der Waals surface area (Å²) in [5.74, 6) is 0.153. The van der Waals surface area contributed by atoms with Crippen molar-refractivity contribution < 1.29 is 24.2 Å². The molecule has 3 fully saturated rings. The van der Waals surface area contributed by atoms with Crippen molar-refractivity contribution in [3.63, 3.8) is 0 Å². The first-order chi connectivity index (χ1) is 12.3. The number of nitrogens with zero attached hydrogens (tertiary/aromatic N) is 4. The highest BCUT2D eigenvalue weighted by Gasteiger charge is 2.48. The molecule has 3 rings (SSSR count). The summed E-state index contributed by atoms with van der Waals surface area (Å²) in [7, 11) is 1.39. The van der Waals surface area contributed by atoms with E-state index in [9.17, 15) is 19.5 Å². The highest BCUT2D eigenvalue weighted by atomic mass is 16.5. The molecule has 0 aromatic rings. The van der Waals surface area contributed by atoms with Crippen LogP contribution in [0.4, 0.5) is 9.59 Å². The predicted molar refractivity (Wildman–Crippen MR) is 92.8 cm³/mol. The van der Waals surface area contributed by atoms with E-state index >= 15 is 0 Å². The first-order valence-corrected chi connectivity index (χ1v) is 9.18. The second-order valence-corrected chi connectivity index (χ2v) is 7.79. The van der Waals surface area contributed by atoms with Gasteiger partial charge in [0.25, 0.3) is 0 Å². The maximum absolute atomic E-state index is 12.8. The lowest BCUT2D eigenvalue weighted by atomic mass is 10.1. The Morgan fingerprint density at radius 2 is 1.88 bits per heavy atom. The zero-order valence-electron chi connectivity index (χ0n) is 15.6. The Hall–Kier alpha value is -2.03. The van der Waals surface area contributed by atoms with E-state index in [-0.39, 0.29) is 30.1 Å². The molecular formula is C17H28N4O5. The lowest BCUT2D eigenvalue weighted by Gasteiger charge is -2.34. The van der Waals surface area contributed by atoms with Gasteiger partial charge in [0.2, 0.25) is 0 Å². The van der Waals surface area contributed by atoms with E-state index in [1.54, 1.807) is 4.90 Å². The predicted octanol–water partition coefficient (Wildman–Crippen LogP) is 0.358. The van der Waals surface area contributed by atoms with Crippen molar-refractivity contribution in [3.8, 4) is 0 Å². The van der Waals surface area contributed by atoms with Crippen LogP contribution in [0.5, 0.6) is 0 Å². The SMILES string of the molecule is COC(=O)[C@H]1C[C@H](N2CC3CN(C(=O)O)CCN3C2=O)CN1CC(C)C. The number of urea groups is 1. The van der Waals surface area contributed by atoms with Crippen molar-refractivity contribution in [1.82, 2.24) is 19.6 Å². The van der Waals surface area contributed by atoms with E-state index in [2.05, 4.69) is 18.7 Å². The van der Waals surface area contributed by atoms with E-state index in [1.165, 1.54) is 12.0 Å². The van der Waals surface area contributed by atoms with Crippen molar-refractivity contribution in [3.05, 3.63) is 0 Å². The quantitative estimate of drug-likeness (QED) is 0.720. The molecule has 1 unspecified atom stereocenters. The van der Waals surface area contributed by atoms with Crippen molar-refractivity contribution >= 4 is 18.1 Å². The Labute approximate surface area is 153 Å². The maximum atomic E-state index is 12.8. The van der Waals surface area contributed by atoms with Crippen LogP contribution >= 0.6 is 0 Å². The molecule has 0 aromatic carbocycles. The summed E-state index contributed by atoms with van der Waals surface area (Å²) in [6.07, 6.45) is -0.376. The number of carbonyl (C=O) groups excluding carboxylic acids is 2. The topological polar surface area (TPSA) is 93.6 Å². The molecule has 0 aliphatic carbocycles. The van der Waals surface area contributed by atoms with Crippen LogP contribution in [0.25, 0.3) is 0 Å². The Balaban J connectivity index is 1.70. The van der Waals surface area contributed by atoms with E-state index in [4.69, 9.17) is 4.74 Å². The molecule has 3 atom stereocenters. The van der Waals surface area contributed by atoms with Gasteiger partial charge in [-0.3, -0.25) is 9.69 Å². The Morgan fingerprint density at radius 3 is 2.50 bits per heavy atom. The minimum absolute atomic E-state index is 0.0416. The summed E-state index contributed by atoms with van der Waals surface area (Å²) in [5, 5.41) is 9.19. The number of hydrogen-bond donors (Lipinski definition) is 1. The van der Waals surface area contributed by atoms with Crippen molar-refractivity contribution in [1.29, 1.82) is 0 Å². The van der Waals surface area contributed by atoms with Crippen molar-refractivity contribution in [2.45, 2.75) is 38.4 Å². The summed E-state index contributed by atoms with van der Waals surface area (Å²) in [5.41, 5.74) is 0. The molecule has 0 saturated carbocycles. The van der Waals surface area contributed by atoms with E-state index in [1.807, 2.05) is 4.90 Å². The van der Waals surface area contributed by atoms with Gasteiger partial charge in [-0.05, 0) is 12.3 Å². The number of ether oxygens (including phenoxy) is 1. The molecule has 3 heterocycles. The number of carbonyl (C=O) groups is 3. The van der Waals surface area contributed by atoms with Crippen molar-refractivity contribution in [2.24, 2.45) is 5.92 Å². The van der Waals surface area contributed by atoms with Crippen LogP contribution in [-0.4, -0.2) is 107 Å². The van der Waals surface area contributed by atoms with Gasteiger partial charge in [0.05, 0.1) is 13.2 Å². The number of piperazine rings is 1. The van der Waals surface area contributed by atoms with Gasteiger partial charge in [-0.1, -0.05) is 13.8 Å². The first kappa shape index (κ1) is 18.8. The van der Waals surface area contributed by atoms with E-state index in [0.717, 1.165) is 6.54 Å². The third kappa shape index (κ3) is 3.44. The molecule has 3 saturated heterocycles. The summed E-state index contributed by atoms with van der Waals surface area (Å²) in [4.78, 5) is 43.3. The molecule has 3 aliphatic heterocycles. The van der Waals surface area contributed by atoms with Crippen LogP contribution in [0.15, 0.2) is 0 Å². The highest BCUT2D eigenvalue weighted by Crippen LogP contribution is 2.30. The average Bonchev–Trinajstić information content (AvgIpc) is 3.14. The number of likely N-dealkylation sites (tertiary alicyclic amines) is 1. The number of fused-ring (bicyclic) bond motifs is 1. The number of methoxy groups -OCH3 is 1. The number of carboxylic acid groups (broad SMARTS) is 1. The highest BCUT2D eigenvalue weighted by molar-refractivity contribution is 5.79. The monoisotopic (exact) mass is 368 g/mol. The lowest BCUT2D eigenvalue weighted by Crippen LogP contribution is -2.53. The van der Waals surface area contributed by atoms with Crippen LogP contribution in [0.2, 0.25) is 0 Å². The number of esters is 1. The molecular weight excluding hydrogens is 340 g/mol. The average molecular weight is 368 g/mol. The summed E-state index contributed by atoms with van der Waals surface area (Å²) >= 11 is 0. The second-order valence-electron chi connectivity index (χ2n) is 7.79. The first-order valence-electron chi connectivity index (χ1n) is 9.18. The lowest BCUT2D eigenvalue weighted by molar-refractivity contribution is -0.146. The smallest absolute Gasteiger partial charge is 0.407 e. The summed E-state index contributed by atoms with van der Waals surface area (Å²) in [6, 6.07) is -0.522. The minimum Gasteiger partial charge on any atom is -0.468 e. The molecule has 26 heavy (non-hydrogen) atoms. The Kier molecular flexibility index (Phi) is 5.27. The molecule has 1 N–H and O–H groups in total. The fourth-order valence-electron chi connectivity index (χ4n) is 4.37. The summed E-state index contributed by atoms with van der Waals surface area (Å²) in [6.45, 7) is 7.25. The molecule has 9 heteroatoms. The van der Waals surface area contributed by atoms with Crippen LogP contribution < -0.4 is 0 Å². The fourth-order valence-corrected chi connectivity index (χ4v) is 4.37. The third-order valence-corrected chi connectivity index (χ3v) is 5.55. The van der Waals surface area contributed by atoms with Crippen LogP contribution in [0, 0.1) is 5.92 Å². The van der Waals surface area contributed by atoms with Gasteiger partial charge in [0, 0.05) is 45.3 Å². The molecule has 0 bridgehead atoms. The Bertz CT molecular complexity index is 584. The zero-order valence-corrected chi connectivity index (χ0v) is 15.6. The standard InChI is InChI=1S/C17H28N4O5/c1-11(2)7-19-8-12(6-14(19)15(22)26-3)21-10-13-9-18(17(24)25)4-5-20(13)16(21)23/h11-14H,4-10H2,1-3H3,(H,24,25)/t12-,13?,14+/m0/s1. The van der Waals surface area contributed by atoms with E-state index < -0.39 is 6.09 Å². The number of hydrogen-bond acceptors (Lipinski definition) is 5. The van der Waals surface area contributed by atoms with Crippen LogP contribution in [0.3, 0.4) is 0 Å². The van der Waals surface area contributed by atoms with Gasteiger partial charge in [0.15, 0.2) is 0 Å². The molecule has 3 aliphatic rings. The molecule has 9 nitrogen and oxygen atoms in total. The fraction of sp³-hybridized carbons (Fsp3) is 0.824. The van der Waals surface area contributed by atoms with Gasteiger partial charge < -0.3 is 24.5 Å². The molecule has 146 valence electrons. The van der Waals surface area contributed by atoms with Gasteiger partial charge in [0.1, 0.15) is 6.04 Å². The van der Waals surface area contributed by atoms with Gasteiger partial charge in [-0.15, -0.1) is 0 Å². The van der Waals surface area contributed by atoms with Gasteiger partial charge in [-0.2, -0.15) is 0 Å². The third-order valence-electron chi connectivity index (χ3n) is 5.55. The van der Waals surface area contributed by atoms with E-state index in [0.29, 0.717) is 45.1 Å². The largest absolute Gasteiger partial charge is 0.468 e. The second kappa shape index (κ2) is 7.30.